The molecule has 1 aliphatic carbocycles. The predicted octanol–water partition coefficient (Wildman–Crippen LogP) is 2.44. The summed E-state index contributed by atoms with van der Waals surface area (Å²) < 4.78 is 0. The van der Waals surface area contributed by atoms with E-state index in [2.05, 4.69) is 4.98 Å². The molecule has 1 fully saturated rings. The van der Waals surface area contributed by atoms with Crippen LogP contribution in [0.15, 0.2) is 10.9 Å². The standard InChI is InChI=1S/C12H17NO2/c1-8-7-10(13-12(15)11(8)14)9-5-3-2-4-6-9/h7,9,14H,2-6H2,1H3,(H,13,15). The molecule has 2 rings (SSSR count). The summed E-state index contributed by atoms with van der Waals surface area (Å²) in [5, 5.41) is 9.39. The maximum absolute atomic E-state index is 11.4. The summed E-state index contributed by atoms with van der Waals surface area (Å²) in [4.78, 5) is 14.2. The van der Waals surface area contributed by atoms with Crippen molar-refractivity contribution in [3.63, 3.8) is 0 Å². The SMILES string of the molecule is Cc1cc(C2CCCCC2)[nH]c(=O)c1O. The second-order valence-corrected chi connectivity index (χ2v) is 4.42. The Bertz CT molecular complexity index is 403. The number of nitrogens with one attached hydrogen (secondary N) is 1. The van der Waals surface area contributed by atoms with Gasteiger partial charge in [-0.05, 0) is 37.3 Å². The van der Waals surface area contributed by atoms with E-state index in [0.717, 1.165) is 18.5 Å². The lowest BCUT2D eigenvalue weighted by Gasteiger charge is -2.21. The van der Waals surface area contributed by atoms with Gasteiger partial charge in [-0.25, -0.2) is 0 Å². The molecule has 0 aliphatic heterocycles. The van der Waals surface area contributed by atoms with Crippen LogP contribution in [0, 0.1) is 6.92 Å². The second-order valence-electron chi connectivity index (χ2n) is 4.42. The number of hydrogen-bond acceptors (Lipinski definition) is 2. The minimum Gasteiger partial charge on any atom is -0.503 e. The predicted molar refractivity (Wildman–Crippen MR) is 59.3 cm³/mol. The Hall–Kier alpha value is -1.25. The van der Waals surface area contributed by atoms with E-state index in [4.69, 9.17) is 0 Å². The Morgan fingerprint density at radius 2 is 2.00 bits per heavy atom. The van der Waals surface area contributed by atoms with Gasteiger partial charge in [0, 0.05) is 5.69 Å². The van der Waals surface area contributed by atoms with Gasteiger partial charge in [0.05, 0.1) is 0 Å². The fourth-order valence-electron chi connectivity index (χ4n) is 2.34. The molecule has 1 aliphatic rings. The third-order valence-electron chi connectivity index (χ3n) is 3.26. The van der Waals surface area contributed by atoms with Gasteiger partial charge in [-0.1, -0.05) is 19.3 Å². The molecule has 1 aromatic heterocycles. The van der Waals surface area contributed by atoms with Gasteiger partial charge in [0.2, 0.25) is 0 Å². The van der Waals surface area contributed by atoms with E-state index in [1.54, 1.807) is 6.92 Å². The Morgan fingerprint density at radius 1 is 1.33 bits per heavy atom. The fourth-order valence-corrected chi connectivity index (χ4v) is 2.34. The van der Waals surface area contributed by atoms with Crippen LogP contribution in [0.2, 0.25) is 0 Å². The Labute approximate surface area is 89.2 Å². The summed E-state index contributed by atoms with van der Waals surface area (Å²) in [6.45, 7) is 1.77. The molecule has 3 heteroatoms. The lowest BCUT2D eigenvalue weighted by molar-refractivity contribution is 0.430. The van der Waals surface area contributed by atoms with Crippen molar-refractivity contribution in [3.05, 3.63) is 27.7 Å². The van der Waals surface area contributed by atoms with Crippen molar-refractivity contribution in [3.8, 4) is 5.75 Å². The smallest absolute Gasteiger partial charge is 0.290 e. The molecule has 0 atom stereocenters. The van der Waals surface area contributed by atoms with Gasteiger partial charge in [0.25, 0.3) is 5.56 Å². The van der Waals surface area contributed by atoms with E-state index >= 15 is 0 Å². The average Bonchev–Trinajstić information content (AvgIpc) is 2.26. The number of H-pyrrole nitrogens is 1. The van der Waals surface area contributed by atoms with Crippen molar-refractivity contribution in [2.24, 2.45) is 0 Å². The van der Waals surface area contributed by atoms with Crippen molar-refractivity contribution in [1.82, 2.24) is 4.98 Å². The molecule has 1 saturated carbocycles. The molecule has 82 valence electrons. The van der Waals surface area contributed by atoms with Crippen molar-refractivity contribution < 1.29 is 5.11 Å². The van der Waals surface area contributed by atoms with E-state index in [-0.39, 0.29) is 11.3 Å². The summed E-state index contributed by atoms with van der Waals surface area (Å²) in [5.74, 6) is 0.334. The van der Waals surface area contributed by atoms with Crippen LogP contribution in [0.1, 0.15) is 49.3 Å². The summed E-state index contributed by atoms with van der Waals surface area (Å²) in [7, 11) is 0. The third kappa shape index (κ3) is 2.06. The molecule has 1 aromatic rings. The number of aromatic amines is 1. The van der Waals surface area contributed by atoms with Gasteiger partial charge in [0.1, 0.15) is 0 Å². The topological polar surface area (TPSA) is 53.1 Å². The molecule has 0 unspecified atom stereocenters. The Morgan fingerprint density at radius 3 is 2.60 bits per heavy atom. The molecule has 3 nitrogen and oxygen atoms in total. The molecular weight excluding hydrogens is 190 g/mol. The molecule has 0 bridgehead atoms. The molecule has 0 aromatic carbocycles. The third-order valence-corrected chi connectivity index (χ3v) is 3.26. The molecule has 0 spiro atoms. The highest BCUT2D eigenvalue weighted by Gasteiger charge is 2.17. The maximum Gasteiger partial charge on any atom is 0.290 e. The van der Waals surface area contributed by atoms with E-state index in [1.807, 2.05) is 6.07 Å². The monoisotopic (exact) mass is 207 g/mol. The number of pyridine rings is 1. The normalized spacial score (nSPS) is 17.9. The first kappa shape index (κ1) is 10.3. The van der Waals surface area contributed by atoms with E-state index in [0.29, 0.717) is 11.5 Å². The average molecular weight is 207 g/mol. The van der Waals surface area contributed by atoms with Gasteiger partial charge in [-0.2, -0.15) is 0 Å². The van der Waals surface area contributed by atoms with E-state index in [1.165, 1.54) is 19.3 Å². The molecule has 2 N–H and O–H groups in total. The van der Waals surface area contributed by atoms with E-state index in [9.17, 15) is 9.90 Å². The fraction of sp³-hybridized carbons (Fsp3) is 0.583. The van der Waals surface area contributed by atoms with Gasteiger partial charge < -0.3 is 10.1 Å². The first-order valence-corrected chi connectivity index (χ1v) is 5.61. The first-order chi connectivity index (χ1) is 7.18. The molecule has 0 radical (unpaired) electrons. The number of aromatic nitrogens is 1. The van der Waals surface area contributed by atoms with Crippen LogP contribution in [-0.2, 0) is 0 Å². The zero-order chi connectivity index (χ0) is 10.8. The lowest BCUT2D eigenvalue weighted by atomic mass is 9.86. The lowest BCUT2D eigenvalue weighted by Crippen LogP contribution is -2.14. The zero-order valence-corrected chi connectivity index (χ0v) is 9.05. The highest BCUT2D eigenvalue weighted by atomic mass is 16.3. The van der Waals surface area contributed by atoms with Crippen molar-refractivity contribution in [2.75, 3.05) is 0 Å². The number of aromatic hydroxyl groups is 1. The zero-order valence-electron chi connectivity index (χ0n) is 9.05. The second kappa shape index (κ2) is 4.09. The molecular formula is C12H17NO2. The summed E-state index contributed by atoms with van der Waals surface area (Å²) >= 11 is 0. The van der Waals surface area contributed by atoms with Gasteiger partial charge in [-0.15, -0.1) is 0 Å². The van der Waals surface area contributed by atoms with Crippen molar-refractivity contribution in [1.29, 1.82) is 0 Å². The Kier molecular flexibility index (Phi) is 2.80. The number of aryl methyl sites for hydroxylation is 1. The Balaban J connectivity index is 2.32. The minimum absolute atomic E-state index is 0.144. The van der Waals surface area contributed by atoms with E-state index < -0.39 is 0 Å². The molecule has 1 heterocycles. The molecule has 15 heavy (non-hydrogen) atoms. The summed E-state index contributed by atoms with van der Waals surface area (Å²) in [6, 6.07) is 1.91. The van der Waals surface area contributed by atoms with Crippen LogP contribution in [0.5, 0.6) is 5.75 Å². The summed E-state index contributed by atoms with van der Waals surface area (Å²) in [6.07, 6.45) is 6.09. The van der Waals surface area contributed by atoms with Crippen LogP contribution in [0.4, 0.5) is 0 Å². The van der Waals surface area contributed by atoms with Crippen molar-refractivity contribution in [2.45, 2.75) is 44.9 Å². The number of rotatable bonds is 1. The quantitative estimate of drug-likeness (QED) is 0.743. The highest BCUT2D eigenvalue weighted by molar-refractivity contribution is 5.31. The molecule has 0 saturated heterocycles. The van der Waals surface area contributed by atoms with Crippen LogP contribution in [-0.4, -0.2) is 10.1 Å². The van der Waals surface area contributed by atoms with Crippen molar-refractivity contribution >= 4 is 0 Å². The van der Waals surface area contributed by atoms with Gasteiger partial charge in [0.15, 0.2) is 5.75 Å². The summed E-state index contributed by atoms with van der Waals surface area (Å²) in [5.41, 5.74) is 1.32. The molecule has 0 amide bonds. The number of hydrogen-bond donors (Lipinski definition) is 2. The maximum atomic E-state index is 11.4. The van der Waals surface area contributed by atoms with Crippen LogP contribution in [0.25, 0.3) is 0 Å². The largest absolute Gasteiger partial charge is 0.503 e. The van der Waals surface area contributed by atoms with Gasteiger partial charge >= 0.3 is 0 Å². The minimum atomic E-state index is -0.351. The van der Waals surface area contributed by atoms with Crippen LogP contribution in [0.3, 0.4) is 0 Å². The van der Waals surface area contributed by atoms with Crippen LogP contribution < -0.4 is 5.56 Å². The first-order valence-electron chi connectivity index (χ1n) is 5.61. The van der Waals surface area contributed by atoms with Gasteiger partial charge in [-0.3, -0.25) is 4.79 Å². The highest BCUT2D eigenvalue weighted by Crippen LogP contribution is 2.31. The van der Waals surface area contributed by atoms with Crippen LogP contribution >= 0.6 is 0 Å².